The fourth-order valence-corrected chi connectivity index (χ4v) is 4.61. The van der Waals surface area contributed by atoms with E-state index < -0.39 is 0 Å². The largest absolute Gasteiger partial charge is 0.378 e. The van der Waals surface area contributed by atoms with Crippen molar-refractivity contribution in [2.75, 3.05) is 37.4 Å². The Morgan fingerprint density at radius 1 is 1.12 bits per heavy atom. The Bertz CT molecular complexity index is 916. The standard InChI is InChI=1S/C25H33N5O2/c1-29(2)21-10-8-18(9-11-21)15-26-20-14-23-25(32)27-16-22(30(23)17-20)12-13-24(31)28-19-6-4-3-5-7-19/h3-11,20,22-23,26H,12-17H2,1-2H3,(H,27,32)(H,28,31)/t20-,22+,23-/m0/s1. The van der Waals surface area contributed by atoms with Gasteiger partial charge in [0.15, 0.2) is 0 Å². The van der Waals surface area contributed by atoms with Gasteiger partial charge in [0.1, 0.15) is 0 Å². The van der Waals surface area contributed by atoms with Gasteiger partial charge in [-0.3, -0.25) is 14.5 Å². The van der Waals surface area contributed by atoms with E-state index >= 15 is 0 Å². The summed E-state index contributed by atoms with van der Waals surface area (Å²) >= 11 is 0. The lowest BCUT2D eigenvalue weighted by atomic mass is 10.0. The summed E-state index contributed by atoms with van der Waals surface area (Å²) in [6.45, 7) is 2.22. The molecule has 0 spiro atoms. The Hall–Kier alpha value is -2.90. The maximum atomic E-state index is 12.5. The van der Waals surface area contributed by atoms with Crippen LogP contribution in [0.2, 0.25) is 0 Å². The van der Waals surface area contributed by atoms with Gasteiger partial charge in [0.2, 0.25) is 11.8 Å². The normalized spacial score (nSPS) is 22.8. The van der Waals surface area contributed by atoms with E-state index in [4.69, 9.17) is 0 Å². The molecule has 2 saturated heterocycles. The van der Waals surface area contributed by atoms with E-state index in [-0.39, 0.29) is 29.9 Å². The van der Waals surface area contributed by atoms with Crippen molar-refractivity contribution >= 4 is 23.2 Å². The molecule has 0 aromatic heterocycles. The number of anilines is 2. The van der Waals surface area contributed by atoms with Crippen LogP contribution >= 0.6 is 0 Å². The molecule has 3 atom stereocenters. The third kappa shape index (κ3) is 5.47. The summed E-state index contributed by atoms with van der Waals surface area (Å²) in [5.74, 6) is 0.120. The van der Waals surface area contributed by atoms with Crippen LogP contribution in [-0.4, -0.2) is 62.0 Å². The highest BCUT2D eigenvalue weighted by Crippen LogP contribution is 2.26. The van der Waals surface area contributed by atoms with Crippen LogP contribution in [0, 0.1) is 0 Å². The number of carbonyl (C=O) groups is 2. The van der Waals surface area contributed by atoms with E-state index in [9.17, 15) is 9.59 Å². The van der Waals surface area contributed by atoms with E-state index in [2.05, 4.69) is 50.0 Å². The number of amides is 2. The first-order chi connectivity index (χ1) is 15.5. The molecule has 2 amide bonds. The summed E-state index contributed by atoms with van der Waals surface area (Å²) in [6.07, 6.45) is 1.97. The van der Waals surface area contributed by atoms with Gasteiger partial charge in [0, 0.05) is 63.6 Å². The molecule has 0 unspecified atom stereocenters. The van der Waals surface area contributed by atoms with Crippen molar-refractivity contribution in [1.82, 2.24) is 15.5 Å². The lowest BCUT2D eigenvalue weighted by Gasteiger charge is -2.37. The second kappa shape index (κ2) is 10.1. The fraction of sp³-hybridized carbons (Fsp3) is 0.440. The minimum absolute atomic E-state index is 0.0136. The number of hydrogen-bond acceptors (Lipinski definition) is 5. The zero-order valence-corrected chi connectivity index (χ0v) is 18.9. The number of piperazine rings is 1. The van der Waals surface area contributed by atoms with Crippen LogP contribution in [0.4, 0.5) is 11.4 Å². The Morgan fingerprint density at radius 2 is 1.88 bits per heavy atom. The van der Waals surface area contributed by atoms with Gasteiger partial charge in [0.25, 0.3) is 0 Å². The van der Waals surface area contributed by atoms with Crippen molar-refractivity contribution in [2.45, 2.75) is 43.9 Å². The van der Waals surface area contributed by atoms with E-state index in [1.807, 2.05) is 44.4 Å². The third-order valence-corrected chi connectivity index (χ3v) is 6.43. The average Bonchev–Trinajstić information content (AvgIpc) is 3.23. The first-order valence-corrected chi connectivity index (χ1v) is 11.4. The van der Waals surface area contributed by atoms with Crippen molar-refractivity contribution in [2.24, 2.45) is 0 Å². The van der Waals surface area contributed by atoms with E-state index in [1.165, 1.54) is 11.3 Å². The van der Waals surface area contributed by atoms with Gasteiger partial charge < -0.3 is 20.9 Å². The number of benzene rings is 2. The van der Waals surface area contributed by atoms with E-state index in [0.29, 0.717) is 13.0 Å². The molecule has 2 heterocycles. The van der Waals surface area contributed by atoms with Crippen molar-refractivity contribution in [1.29, 1.82) is 0 Å². The Kier molecular flexibility index (Phi) is 7.07. The van der Waals surface area contributed by atoms with Crippen molar-refractivity contribution in [3.63, 3.8) is 0 Å². The van der Waals surface area contributed by atoms with Crippen LogP contribution in [0.3, 0.4) is 0 Å². The molecule has 2 aliphatic rings. The zero-order valence-electron chi connectivity index (χ0n) is 18.9. The first-order valence-electron chi connectivity index (χ1n) is 11.4. The summed E-state index contributed by atoms with van der Waals surface area (Å²) in [5.41, 5.74) is 3.23. The highest BCUT2D eigenvalue weighted by molar-refractivity contribution is 5.90. The summed E-state index contributed by atoms with van der Waals surface area (Å²) in [6, 6.07) is 18.4. The van der Waals surface area contributed by atoms with Crippen molar-refractivity contribution in [3.05, 3.63) is 60.2 Å². The van der Waals surface area contributed by atoms with Crippen molar-refractivity contribution in [3.8, 4) is 0 Å². The van der Waals surface area contributed by atoms with Crippen LogP contribution in [0.5, 0.6) is 0 Å². The molecule has 4 rings (SSSR count). The number of para-hydroxylation sites is 1. The maximum absolute atomic E-state index is 12.5. The summed E-state index contributed by atoms with van der Waals surface area (Å²) in [4.78, 5) is 29.2. The predicted octanol–water partition coefficient (Wildman–Crippen LogP) is 2.20. The lowest BCUT2D eigenvalue weighted by molar-refractivity contribution is -0.129. The molecule has 7 heteroatoms. The molecule has 0 saturated carbocycles. The minimum Gasteiger partial charge on any atom is -0.378 e. The summed E-state index contributed by atoms with van der Waals surface area (Å²) in [7, 11) is 4.07. The average molecular weight is 436 g/mol. The molecule has 2 aliphatic heterocycles. The highest BCUT2D eigenvalue weighted by atomic mass is 16.2. The van der Waals surface area contributed by atoms with Gasteiger partial charge >= 0.3 is 0 Å². The second-order valence-corrected chi connectivity index (χ2v) is 8.94. The highest BCUT2D eigenvalue weighted by Gasteiger charge is 2.43. The molecule has 0 aliphatic carbocycles. The smallest absolute Gasteiger partial charge is 0.237 e. The van der Waals surface area contributed by atoms with Crippen LogP contribution in [0.25, 0.3) is 0 Å². The SMILES string of the molecule is CN(C)c1ccc(CN[C@H]2C[C@H]3C(=O)NC[C@@H](CCC(=O)Nc4ccccc4)N3C2)cc1. The van der Waals surface area contributed by atoms with Gasteiger partial charge in [-0.1, -0.05) is 30.3 Å². The summed E-state index contributed by atoms with van der Waals surface area (Å²) < 4.78 is 0. The molecular formula is C25H33N5O2. The van der Waals surface area contributed by atoms with Crippen LogP contribution in [0.1, 0.15) is 24.8 Å². The minimum atomic E-state index is -0.112. The maximum Gasteiger partial charge on any atom is 0.237 e. The molecule has 170 valence electrons. The van der Waals surface area contributed by atoms with Crippen LogP contribution < -0.4 is 20.9 Å². The van der Waals surface area contributed by atoms with E-state index in [1.54, 1.807) is 0 Å². The first kappa shape index (κ1) is 22.3. The number of hydrogen-bond donors (Lipinski definition) is 3. The third-order valence-electron chi connectivity index (χ3n) is 6.43. The molecule has 2 aromatic rings. The fourth-order valence-electron chi connectivity index (χ4n) is 4.61. The van der Waals surface area contributed by atoms with Gasteiger partial charge in [0.05, 0.1) is 6.04 Å². The zero-order chi connectivity index (χ0) is 22.5. The van der Waals surface area contributed by atoms with Crippen LogP contribution in [0.15, 0.2) is 54.6 Å². The van der Waals surface area contributed by atoms with E-state index in [0.717, 1.165) is 31.6 Å². The Balaban J connectivity index is 1.28. The number of rotatable bonds is 8. The quantitative estimate of drug-likeness (QED) is 0.593. The Labute approximate surface area is 190 Å². The molecule has 7 nitrogen and oxygen atoms in total. The molecule has 32 heavy (non-hydrogen) atoms. The molecule has 2 aromatic carbocycles. The number of carbonyl (C=O) groups excluding carboxylic acids is 2. The van der Waals surface area contributed by atoms with Gasteiger partial charge in [-0.25, -0.2) is 0 Å². The predicted molar refractivity (Wildman–Crippen MR) is 128 cm³/mol. The Morgan fingerprint density at radius 3 is 2.59 bits per heavy atom. The second-order valence-electron chi connectivity index (χ2n) is 8.94. The van der Waals surface area contributed by atoms with Gasteiger partial charge in [-0.05, 0) is 42.7 Å². The monoisotopic (exact) mass is 435 g/mol. The molecule has 0 bridgehead atoms. The topological polar surface area (TPSA) is 76.7 Å². The van der Waals surface area contributed by atoms with Gasteiger partial charge in [-0.15, -0.1) is 0 Å². The van der Waals surface area contributed by atoms with Crippen LogP contribution in [-0.2, 0) is 16.1 Å². The number of fused-ring (bicyclic) bond motifs is 1. The molecule has 2 fully saturated rings. The van der Waals surface area contributed by atoms with Gasteiger partial charge in [-0.2, -0.15) is 0 Å². The molecular weight excluding hydrogens is 402 g/mol. The number of nitrogens with zero attached hydrogens (tertiary/aromatic N) is 2. The summed E-state index contributed by atoms with van der Waals surface area (Å²) in [5, 5.41) is 9.62. The molecule has 0 radical (unpaired) electrons. The lowest BCUT2D eigenvalue weighted by Crippen LogP contribution is -2.57. The van der Waals surface area contributed by atoms with Crippen molar-refractivity contribution < 1.29 is 9.59 Å². The number of nitrogens with one attached hydrogen (secondary N) is 3. The molecule has 3 N–H and O–H groups in total.